The average molecular weight is 288 g/mol. The first-order valence-corrected chi connectivity index (χ1v) is 6.11. The van der Waals surface area contributed by atoms with Gasteiger partial charge in [-0.1, -0.05) is 34.1 Å². The van der Waals surface area contributed by atoms with Crippen molar-refractivity contribution in [3.63, 3.8) is 0 Å². The average Bonchev–Trinajstić information content (AvgIpc) is 2.72. The summed E-state index contributed by atoms with van der Waals surface area (Å²) in [6, 6.07) is 12.1. The van der Waals surface area contributed by atoms with Crippen LogP contribution in [0.4, 0.5) is 0 Å². The van der Waals surface area contributed by atoms with Gasteiger partial charge in [-0.2, -0.15) is 0 Å². The molecule has 84 valence electrons. The summed E-state index contributed by atoms with van der Waals surface area (Å²) in [5, 5.41) is 8.44. The van der Waals surface area contributed by atoms with E-state index in [-0.39, 0.29) is 0 Å². The van der Waals surface area contributed by atoms with E-state index in [1.165, 1.54) is 5.56 Å². The molecule has 3 nitrogen and oxygen atoms in total. The fourth-order valence-corrected chi connectivity index (χ4v) is 2.28. The highest BCUT2D eigenvalue weighted by atomic mass is 79.9. The maximum absolute atomic E-state index is 4.25. The zero-order valence-electron chi connectivity index (χ0n) is 9.26. The molecule has 0 N–H and O–H groups in total. The van der Waals surface area contributed by atoms with Crippen molar-refractivity contribution in [3.8, 4) is 11.4 Å². The largest absolute Gasteiger partial charge is 0.282 e. The molecule has 0 aliphatic rings. The van der Waals surface area contributed by atoms with Crippen LogP contribution in [0.3, 0.4) is 0 Å². The molecule has 0 saturated carbocycles. The molecule has 0 aliphatic carbocycles. The second kappa shape index (κ2) is 3.96. The highest BCUT2D eigenvalue weighted by molar-refractivity contribution is 9.10. The van der Waals surface area contributed by atoms with Crippen molar-refractivity contribution in [2.24, 2.45) is 0 Å². The number of aromatic nitrogens is 3. The summed E-state index contributed by atoms with van der Waals surface area (Å²) in [7, 11) is 0. The van der Waals surface area contributed by atoms with Gasteiger partial charge in [0.15, 0.2) is 11.5 Å². The summed E-state index contributed by atoms with van der Waals surface area (Å²) in [4.78, 5) is 0. The number of hydrogen-bond acceptors (Lipinski definition) is 2. The number of rotatable bonds is 1. The van der Waals surface area contributed by atoms with E-state index in [0.29, 0.717) is 0 Å². The minimum absolute atomic E-state index is 0.854. The fourth-order valence-electron chi connectivity index (χ4n) is 1.82. The van der Waals surface area contributed by atoms with Gasteiger partial charge in [-0.05, 0) is 30.7 Å². The monoisotopic (exact) mass is 287 g/mol. The summed E-state index contributed by atoms with van der Waals surface area (Å²) in [6.07, 6.45) is 2.00. The molecule has 1 aromatic carbocycles. The van der Waals surface area contributed by atoms with Gasteiger partial charge < -0.3 is 0 Å². The second-order valence-corrected chi connectivity index (χ2v) is 4.79. The standard InChI is InChI=1S/C13H10BrN3/c1-9-6-7-17-12(8-9)15-16-13(17)10-4-2-3-5-11(10)14/h2-8H,1H3. The van der Waals surface area contributed by atoms with Gasteiger partial charge in [0, 0.05) is 16.2 Å². The Balaban J connectivity index is 2.29. The zero-order chi connectivity index (χ0) is 11.8. The first-order chi connectivity index (χ1) is 8.25. The fraction of sp³-hybridized carbons (Fsp3) is 0.0769. The van der Waals surface area contributed by atoms with Crippen LogP contribution >= 0.6 is 15.9 Å². The number of aryl methyl sites for hydroxylation is 1. The molecule has 4 heteroatoms. The quantitative estimate of drug-likeness (QED) is 0.686. The zero-order valence-corrected chi connectivity index (χ0v) is 10.8. The maximum atomic E-state index is 4.25. The molecule has 2 aromatic heterocycles. The molecular weight excluding hydrogens is 278 g/mol. The minimum Gasteiger partial charge on any atom is -0.282 e. The van der Waals surface area contributed by atoms with Crippen molar-refractivity contribution >= 4 is 21.6 Å². The molecule has 3 aromatic rings. The van der Waals surface area contributed by atoms with Gasteiger partial charge in [0.2, 0.25) is 0 Å². The van der Waals surface area contributed by atoms with E-state index in [9.17, 15) is 0 Å². The molecule has 0 fully saturated rings. The van der Waals surface area contributed by atoms with Crippen LogP contribution in [0, 0.1) is 6.92 Å². The molecule has 2 heterocycles. The Hall–Kier alpha value is -1.68. The molecule has 17 heavy (non-hydrogen) atoms. The van der Waals surface area contributed by atoms with E-state index in [1.807, 2.05) is 47.9 Å². The summed E-state index contributed by atoms with van der Waals surface area (Å²) in [5.41, 5.74) is 3.10. The maximum Gasteiger partial charge on any atom is 0.169 e. The van der Waals surface area contributed by atoms with Gasteiger partial charge >= 0.3 is 0 Å². The van der Waals surface area contributed by atoms with Crippen molar-refractivity contribution in [3.05, 3.63) is 52.6 Å². The third-order valence-electron chi connectivity index (χ3n) is 2.68. The second-order valence-electron chi connectivity index (χ2n) is 3.94. The van der Waals surface area contributed by atoms with E-state index >= 15 is 0 Å². The van der Waals surface area contributed by atoms with Crippen LogP contribution in [0.2, 0.25) is 0 Å². The summed E-state index contributed by atoms with van der Waals surface area (Å²) in [5.74, 6) is 0.854. The van der Waals surface area contributed by atoms with E-state index in [0.717, 1.165) is 21.5 Å². The van der Waals surface area contributed by atoms with Crippen LogP contribution in [0.5, 0.6) is 0 Å². The Bertz CT molecular complexity index is 688. The predicted molar refractivity (Wildman–Crippen MR) is 70.9 cm³/mol. The highest BCUT2D eigenvalue weighted by Crippen LogP contribution is 2.26. The topological polar surface area (TPSA) is 30.2 Å². The first-order valence-electron chi connectivity index (χ1n) is 5.32. The molecule has 0 spiro atoms. The minimum atomic E-state index is 0.854. The van der Waals surface area contributed by atoms with E-state index < -0.39 is 0 Å². The lowest BCUT2D eigenvalue weighted by Gasteiger charge is -2.02. The number of hydrogen-bond donors (Lipinski definition) is 0. The Morgan fingerprint density at radius 2 is 1.94 bits per heavy atom. The molecule has 0 aliphatic heterocycles. The van der Waals surface area contributed by atoms with Crippen LogP contribution in [-0.4, -0.2) is 14.6 Å². The number of halogens is 1. The van der Waals surface area contributed by atoms with Crippen molar-refractivity contribution in [2.75, 3.05) is 0 Å². The Kier molecular flexibility index (Phi) is 2.44. The van der Waals surface area contributed by atoms with Crippen LogP contribution in [-0.2, 0) is 0 Å². The summed E-state index contributed by atoms with van der Waals surface area (Å²) < 4.78 is 3.02. The van der Waals surface area contributed by atoms with Crippen molar-refractivity contribution in [1.82, 2.24) is 14.6 Å². The molecule has 0 amide bonds. The number of pyridine rings is 1. The van der Waals surface area contributed by atoms with Gasteiger partial charge in [-0.15, -0.1) is 10.2 Å². The van der Waals surface area contributed by atoms with Gasteiger partial charge in [-0.3, -0.25) is 4.40 Å². The van der Waals surface area contributed by atoms with E-state index in [4.69, 9.17) is 0 Å². The Morgan fingerprint density at radius 1 is 1.12 bits per heavy atom. The third-order valence-corrected chi connectivity index (χ3v) is 3.37. The molecule has 0 atom stereocenters. The smallest absolute Gasteiger partial charge is 0.169 e. The van der Waals surface area contributed by atoms with Crippen LogP contribution < -0.4 is 0 Å². The molecule has 0 bridgehead atoms. The number of benzene rings is 1. The lowest BCUT2D eigenvalue weighted by Crippen LogP contribution is -1.90. The van der Waals surface area contributed by atoms with Crippen molar-refractivity contribution in [2.45, 2.75) is 6.92 Å². The Labute approximate surface area is 107 Å². The molecular formula is C13H10BrN3. The normalized spacial score (nSPS) is 10.9. The van der Waals surface area contributed by atoms with Crippen molar-refractivity contribution in [1.29, 1.82) is 0 Å². The van der Waals surface area contributed by atoms with Crippen LogP contribution in [0.1, 0.15) is 5.56 Å². The van der Waals surface area contributed by atoms with Gasteiger partial charge in [-0.25, -0.2) is 0 Å². The van der Waals surface area contributed by atoms with Gasteiger partial charge in [0.05, 0.1) is 0 Å². The summed E-state index contributed by atoms with van der Waals surface area (Å²) in [6.45, 7) is 2.05. The molecule has 0 radical (unpaired) electrons. The third kappa shape index (κ3) is 1.74. The van der Waals surface area contributed by atoms with Crippen molar-refractivity contribution < 1.29 is 0 Å². The molecule has 0 saturated heterocycles. The SMILES string of the molecule is Cc1ccn2c(-c3ccccc3Br)nnc2c1. The van der Waals surface area contributed by atoms with Crippen LogP contribution in [0.25, 0.3) is 17.0 Å². The predicted octanol–water partition coefficient (Wildman–Crippen LogP) is 3.47. The molecule has 0 unspecified atom stereocenters. The van der Waals surface area contributed by atoms with E-state index in [2.05, 4.69) is 32.2 Å². The lowest BCUT2D eigenvalue weighted by atomic mass is 10.2. The number of fused-ring (bicyclic) bond motifs is 1. The lowest BCUT2D eigenvalue weighted by molar-refractivity contribution is 1.11. The van der Waals surface area contributed by atoms with Gasteiger partial charge in [0.25, 0.3) is 0 Å². The van der Waals surface area contributed by atoms with Crippen LogP contribution in [0.15, 0.2) is 47.1 Å². The first kappa shape index (κ1) is 10.5. The van der Waals surface area contributed by atoms with Gasteiger partial charge in [0.1, 0.15) is 0 Å². The molecule has 3 rings (SSSR count). The van der Waals surface area contributed by atoms with E-state index in [1.54, 1.807) is 0 Å². The number of nitrogens with zero attached hydrogens (tertiary/aromatic N) is 3. The Morgan fingerprint density at radius 3 is 2.76 bits per heavy atom. The highest BCUT2D eigenvalue weighted by Gasteiger charge is 2.10. The summed E-state index contributed by atoms with van der Waals surface area (Å²) >= 11 is 3.54.